The first-order chi connectivity index (χ1) is 9.26. The van der Waals surface area contributed by atoms with E-state index in [1.54, 1.807) is 0 Å². The molecule has 1 heterocycles. The number of aromatic amines is 1. The lowest BCUT2D eigenvalue weighted by Gasteiger charge is -2.14. The van der Waals surface area contributed by atoms with Crippen molar-refractivity contribution in [3.05, 3.63) is 20.8 Å². The molecular formula is C11H17F3N4O2. The third-order valence-electron chi connectivity index (χ3n) is 2.69. The lowest BCUT2D eigenvalue weighted by molar-refractivity contribution is -0.131. The first kappa shape index (κ1) is 16.1. The number of nitrogens with two attached hydrogens (primary N) is 1. The van der Waals surface area contributed by atoms with Gasteiger partial charge in [-0.2, -0.15) is 13.2 Å². The molecule has 1 rings (SSSR count). The van der Waals surface area contributed by atoms with Crippen LogP contribution in [0.15, 0.2) is 9.59 Å². The minimum absolute atomic E-state index is 0.144. The van der Waals surface area contributed by atoms with Crippen molar-refractivity contribution in [2.24, 2.45) is 0 Å². The number of nitrogens with one attached hydrogen (secondary N) is 2. The van der Waals surface area contributed by atoms with Crippen LogP contribution >= 0.6 is 0 Å². The normalized spacial score (nSPS) is 11.6. The Morgan fingerprint density at radius 2 is 2.00 bits per heavy atom. The van der Waals surface area contributed by atoms with Gasteiger partial charge in [0.05, 0.1) is 6.42 Å². The predicted molar refractivity (Wildman–Crippen MR) is 69.8 cm³/mol. The predicted octanol–water partition coefficient (Wildman–Crippen LogP) is 1.28. The molecule has 114 valence electrons. The van der Waals surface area contributed by atoms with Crippen molar-refractivity contribution in [3.63, 3.8) is 0 Å². The lowest BCUT2D eigenvalue weighted by atomic mass is 10.3. The van der Waals surface area contributed by atoms with Gasteiger partial charge in [0, 0.05) is 13.1 Å². The van der Waals surface area contributed by atoms with Gasteiger partial charge >= 0.3 is 11.9 Å². The molecule has 0 unspecified atom stereocenters. The molecule has 6 nitrogen and oxygen atoms in total. The van der Waals surface area contributed by atoms with Crippen molar-refractivity contribution < 1.29 is 13.2 Å². The summed E-state index contributed by atoms with van der Waals surface area (Å²) in [6, 6.07) is 0. The van der Waals surface area contributed by atoms with Gasteiger partial charge in [-0.05, 0) is 6.42 Å². The summed E-state index contributed by atoms with van der Waals surface area (Å²) in [5, 5.41) is 2.33. The molecule has 0 fully saturated rings. The monoisotopic (exact) mass is 294 g/mol. The Kier molecular flexibility index (Phi) is 5.23. The summed E-state index contributed by atoms with van der Waals surface area (Å²) in [6.07, 6.45) is -3.95. The SMILES string of the molecule is CCCCn1c(N)c(NCCC(F)(F)F)c(=O)[nH]c1=O. The van der Waals surface area contributed by atoms with Crippen molar-refractivity contribution in [2.45, 2.75) is 38.9 Å². The molecule has 0 aliphatic heterocycles. The van der Waals surface area contributed by atoms with Gasteiger partial charge in [-0.15, -0.1) is 0 Å². The van der Waals surface area contributed by atoms with Crippen molar-refractivity contribution in [3.8, 4) is 0 Å². The van der Waals surface area contributed by atoms with Gasteiger partial charge in [0.25, 0.3) is 5.56 Å². The third-order valence-corrected chi connectivity index (χ3v) is 2.69. The van der Waals surface area contributed by atoms with Crippen LogP contribution in [-0.2, 0) is 6.54 Å². The number of hydrogen-bond acceptors (Lipinski definition) is 4. The topological polar surface area (TPSA) is 92.9 Å². The molecule has 0 spiro atoms. The Balaban J connectivity index is 2.96. The number of aromatic nitrogens is 2. The van der Waals surface area contributed by atoms with Crippen LogP contribution in [0.1, 0.15) is 26.2 Å². The second-order valence-electron chi connectivity index (χ2n) is 4.32. The number of H-pyrrole nitrogens is 1. The maximum atomic E-state index is 12.1. The molecule has 0 amide bonds. The van der Waals surface area contributed by atoms with E-state index in [2.05, 4.69) is 5.32 Å². The number of anilines is 2. The minimum atomic E-state index is -4.33. The molecule has 9 heteroatoms. The second kappa shape index (κ2) is 6.49. The Hall–Kier alpha value is -1.93. The van der Waals surface area contributed by atoms with Crippen molar-refractivity contribution in [2.75, 3.05) is 17.6 Å². The minimum Gasteiger partial charge on any atom is -0.383 e. The fourth-order valence-electron chi connectivity index (χ4n) is 1.63. The fraction of sp³-hybridized carbons (Fsp3) is 0.636. The summed E-state index contributed by atoms with van der Waals surface area (Å²) >= 11 is 0. The zero-order chi connectivity index (χ0) is 15.3. The Labute approximate surface area is 112 Å². The van der Waals surface area contributed by atoms with Gasteiger partial charge in [0.2, 0.25) is 0 Å². The van der Waals surface area contributed by atoms with E-state index < -0.39 is 30.4 Å². The van der Waals surface area contributed by atoms with Crippen LogP contribution in [0.3, 0.4) is 0 Å². The van der Waals surface area contributed by atoms with Crippen LogP contribution in [-0.4, -0.2) is 22.3 Å². The molecule has 20 heavy (non-hydrogen) atoms. The molecule has 4 N–H and O–H groups in total. The van der Waals surface area contributed by atoms with Gasteiger partial charge < -0.3 is 11.1 Å². The van der Waals surface area contributed by atoms with E-state index in [-0.39, 0.29) is 11.5 Å². The van der Waals surface area contributed by atoms with Gasteiger partial charge in [-0.25, -0.2) is 4.79 Å². The lowest BCUT2D eigenvalue weighted by Crippen LogP contribution is -2.34. The number of halogens is 3. The molecule has 1 aromatic rings. The Bertz CT molecular complexity index is 562. The van der Waals surface area contributed by atoms with Gasteiger partial charge in [-0.1, -0.05) is 13.3 Å². The summed E-state index contributed by atoms with van der Waals surface area (Å²) in [6.45, 7) is 1.73. The smallest absolute Gasteiger partial charge is 0.383 e. The number of unbranched alkanes of at least 4 members (excludes halogenated alkanes) is 1. The summed E-state index contributed by atoms with van der Waals surface area (Å²) in [4.78, 5) is 25.2. The Morgan fingerprint density at radius 3 is 2.55 bits per heavy atom. The molecule has 0 bridgehead atoms. The molecule has 1 aromatic heterocycles. The van der Waals surface area contributed by atoms with Crippen LogP contribution in [0, 0.1) is 0 Å². The van der Waals surface area contributed by atoms with Crippen LogP contribution in [0.5, 0.6) is 0 Å². The summed E-state index contributed by atoms with van der Waals surface area (Å²) in [5.41, 5.74) is 3.99. The van der Waals surface area contributed by atoms with E-state index in [9.17, 15) is 22.8 Å². The number of hydrogen-bond donors (Lipinski definition) is 3. The average molecular weight is 294 g/mol. The largest absolute Gasteiger partial charge is 0.390 e. The van der Waals surface area contributed by atoms with Gasteiger partial charge in [-0.3, -0.25) is 14.3 Å². The molecule has 0 aliphatic carbocycles. The van der Waals surface area contributed by atoms with Crippen LogP contribution in [0.25, 0.3) is 0 Å². The standard InChI is InChI=1S/C11H17F3N4O2/c1-2-3-6-18-8(15)7(9(19)17-10(18)20)16-5-4-11(12,13)14/h16H,2-6,15H2,1H3,(H,17,19,20). The highest BCUT2D eigenvalue weighted by molar-refractivity contribution is 5.60. The maximum Gasteiger partial charge on any atom is 0.390 e. The van der Waals surface area contributed by atoms with Crippen LogP contribution in [0.2, 0.25) is 0 Å². The molecule has 0 saturated carbocycles. The summed E-state index contributed by atoms with van der Waals surface area (Å²) in [5.74, 6) is -0.144. The molecule has 0 atom stereocenters. The molecule has 0 radical (unpaired) electrons. The number of alkyl halides is 3. The highest BCUT2D eigenvalue weighted by Crippen LogP contribution is 2.19. The van der Waals surface area contributed by atoms with E-state index in [1.165, 1.54) is 0 Å². The van der Waals surface area contributed by atoms with Crippen LogP contribution in [0.4, 0.5) is 24.7 Å². The molecular weight excluding hydrogens is 277 g/mol. The first-order valence-electron chi connectivity index (χ1n) is 6.19. The molecule has 0 aliphatic rings. The van der Waals surface area contributed by atoms with E-state index in [0.29, 0.717) is 13.0 Å². The fourth-order valence-corrected chi connectivity index (χ4v) is 1.63. The van der Waals surface area contributed by atoms with Crippen molar-refractivity contribution in [1.29, 1.82) is 0 Å². The van der Waals surface area contributed by atoms with E-state index >= 15 is 0 Å². The maximum absolute atomic E-state index is 12.1. The highest BCUT2D eigenvalue weighted by Gasteiger charge is 2.26. The highest BCUT2D eigenvalue weighted by atomic mass is 19.4. The number of nitrogen functional groups attached to an aromatic ring is 1. The quantitative estimate of drug-likeness (QED) is 0.737. The molecule has 0 saturated heterocycles. The van der Waals surface area contributed by atoms with Gasteiger partial charge in [0.1, 0.15) is 11.5 Å². The van der Waals surface area contributed by atoms with E-state index in [0.717, 1.165) is 11.0 Å². The van der Waals surface area contributed by atoms with E-state index in [1.807, 2.05) is 11.9 Å². The van der Waals surface area contributed by atoms with Crippen LogP contribution < -0.4 is 22.3 Å². The number of nitrogens with zero attached hydrogens (tertiary/aromatic N) is 1. The zero-order valence-corrected chi connectivity index (χ0v) is 11.0. The number of rotatable bonds is 6. The summed E-state index contributed by atoms with van der Waals surface area (Å²) in [7, 11) is 0. The second-order valence-corrected chi connectivity index (χ2v) is 4.32. The summed E-state index contributed by atoms with van der Waals surface area (Å²) < 4.78 is 37.3. The Morgan fingerprint density at radius 1 is 1.35 bits per heavy atom. The third kappa shape index (κ3) is 4.32. The average Bonchev–Trinajstić information content (AvgIpc) is 2.31. The van der Waals surface area contributed by atoms with E-state index in [4.69, 9.17) is 5.73 Å². The zero-order valence-electron chi connectivity index (χ0n) is 11.0. The van der Waals surface area contributed by atoms with Crippen molar-refractivity contribution >= 4 is 11.5 Å². The van der Waals surface area contributed by atoms with Crippen molar-refractivity contribution in [1.82, 2.24) is 9.55 Å². The first-order valence-corrected chi connectivity index (χ1v) is 6.19. The van der Waals surface area contributed by atoms with Gasteiger partial charge in [0.15, 0.2) is 0 Å². The molecule has 0 aromatic carbocycles.